The molecule has 0 fully saturated rings. The molecule has 2 aromatic rings. The van der Waals surface area contributed by atoms with Crippen molar-refractivity contribution in [3.8, 4) is 0 Å². The first-order chi connectivity index (χ1) is 10.0. The lowest BCUT2D eigenvalue weighted by Gasteiger charge is -2.10. The van der Waals surface area contributed by atoms with Crippen molar-refractivity contribution in [3.63, 3.8) is 0 Å². The molecule has 0 spiro atoms. The van der Waals surface area contributed by atoms with Crippen LogP contribution < -0.4 is 11.1 Å². The first kappa shape index (κ1) is 15.1. The van der Waals surface area contributed by atoms with Gasteiger partial charge in [0.15, 0.2) is 5.84 Å². The molecule has 4 nitrogen and oxygen atoms in total. The molecule has 0 aliphatic carbocycles. The molecule has 21 heavy (non-hydrogen) atoms. The molecule has 0 amide bonds. The van der Waals surface area contributed by atoms with Gasteiger partial charge in [-0.2, -0.15) is 0 Å². The van der Waals surface area contributed by atoms with Crippen LogP contribution in [0.2, 0.25) is 5.02 Å². The molecule has 0 aliphatic heterocycles. The minimum atomic E-state index is -0.681. The van der Waals surface area contributed by atoms with Gasteiger partial charge in [0.25, 0.3) is 0 Å². The number of halogens is 3. The monoisotopic (exact) mass is 311 g/mol. The fourth-order valence-electron chi connectivity index (χ4n) is 1.73. The lowest BCUT2D eigenvalue weighted by atomic mass is 10.1. The maximum atomic E-state index is 13.5. The van der Waals surface area contributed by atoms with Gasteiger partial charge in [0.2, 0.25) is 0 Å². The molecule has 110 valence electrons. The second-order valence-electron chi connectivity index (χ2n) is 4.27. The van der Waals surface area contributed by atoms with Gasteiger partial charge in [0.05, 0.1) is 5.69 Å². The molecule has 0 bridgehead atoms. The Balaban J connectivity index is 2.13. The topological polar surface area (TPSA) is 70.6 Å². The van der Waals surface area contributed by atoms with Crippen LogP contribution in [0.3, 0.4) is 0 Å². The van der Waals surface area contributed by atoms with Gasteiger partial charge < -0.3 is 16.3 Å². The van der Waals surface area contributed by atoms with E-state index in [9.17, 15) is 8.78 Å². The molecule has 7 heteroatoms. The van der Waals surface area contributed by atoms with Crippen LogP contribution >= 0.6 is 11.6 Å². The molecule has 0 aliphatic rings. The van der Waals surface area contributed by atoms with E-state index >= 15 is 0 Å². The number of hydrogen-bond donors (Lipinski definition) is 3. The molecular weight excluding hydrogens is 300 g/mol. The van der Waals surface area contributed by atoms with Crippen molar-refractivity contribution < 1.29 is 14.0 Å². The van der Waals surface area contributed by atoms with Gasteiger partial charge >= 0.3 is 0 Å². The summed E-state index contributed by atoms with van der Waals surface area (Å²) in [5.41, 5.74) is 6.79. The summed E-state index contributed by atoms with van der Waals surface area (Å²) in [6, 6.07) is 8.10. The van der Waals surface area contributed by atoms with Gasteiger partial charge in [0, 0.05) is 23.2 Å². The van der Waals surface area contributed by atoms with E-state index in [-0.39, 0.29) is 18.1 Å². The summed E-state index contributed by atoms with van der Waals surface area (Å²) in [5.74, 6) is -1.38. The first-order valence-corrected chi connectivity index (χ1v) is 6.34. The minimum Gasteiger partial charge on any atom is -0.409 e. The number of nitrogens with zero attached hydrogens (tertiary/aromatic N) is 1. The summed E-state index contributed by atoms with van der Waals surface area (Å²) in [7, 11) is 0. The third kappa shape index (κ3) is 3.61. The zero-order chi connectivity index (χ0) is 15.4. The molecule has 0 saturated carbocycles. The first-order valence-electron chi connectivity index (χ1n) is 5.96. The van der Waals surface area contributed by atoms with Crippen LogP contribution in [-0.2, 0) is 6.54 Å². The van der Waals surface area contributed by atoms with Crippen LogP contribution in [0, 0.1) is 11.6 Å². The van der Waals surface area contributed by atoms with E-state index in [1.807, 2.05) is 0 Å². The number of rotatable bonds is 4. The quantitative estimate of drug-likeness (QED) is 0.351. The molecule has 0 atom stereocenters. The Kier molecular flexibility index (Phi) is 4.59. The lowest BCUT2D eigenvalue weighted by Crippen LogP contribution is -2.13. The van der Waals surface area contributed by atoms with Crippen molar-refractivity contribution in [3.05, 3.63) is 64.2 Å². The van der Waals surface area contributed by atoms with Crippen molar-refractivity contribution in [2.75, 3.05) is 5.32 Å². The Labute approximate surface area is 124 Å². The van der Waals surface area contributed by atoms with E-state index in [4.69, 9.17) is 22.5 Å². The predicted molar refractivity (Wildman–Crippen MR) is 77.6 cm³/mol. The highest BCUT2D eigenvalue weighted by molar-refractivity contribution is 6.31. The fraction of sp³-hybridized carbons (Fsp3) is 0.0714. The van der Waals surface area contributed by atoms with Gasteiger partial charge in [-0.25, -0.2) is 8.78 Å². The molecule has 4 N–H and O–H groups in total. The Morgan fingerprint density at radius 2 is 2.00 bits per heavy atom. The van der Waals surface area contributed by atoms with E-state index in [0.717, 1.165) is 12.1 Å². The van der Waals surface area contributed by atoms with Crippen LogP contribution in [0.5, 0.6) is 0 Å². The van der Waals surface area contributed by atoms with Crippen molar-refractivity contribution in [2.24, 2.45) is 10.9 Å². The summed E-state index contributed by atoms with van der Waals surface area (Å²) >= 11 is 6.08. The van der Waals surface area contributed by atoms with Crippen LogP contribution in [0.15, 0.2) is 41.6 Å². The summed E-state index contributed by atoms with van der Waals surface area (Å²) in [6.45, 7) is 0.248. The number of anilines is 1. The average Bonchev–Trinajstić information content (AvgIpc) is 2.46. The smallest absolute Gasteiger partial charge is 0.170 e. The third-order valence-corrected chi connectivity index (χ3v) is 3.21. The SMILES string of the molecule is N/C(=N/O)c1ccc(CNc2ccc(F)cc2F)c(Cl)c1. The van der Waals surface area contributed by atoms with Gasteiger partial charge in [-0.15, -0.1) is 0 Å². The van der Waals surface area contributed by atoms with Crippen molar-refractivity contribution in [1.29, 1.82) is 0 Å². The van der Waals surface area contributed by atoms with Crippen molar-refractivity contribution in [2.45, 2.75) is 6.54 Å². The number of benzene rings is 2. The molecule has 2 aromatic carbocycles. The molecule has 2 rings (SSSR count). The highest BCUT2D eigenvalue weighted by atomic mass is 35.5. The van der Waals surface area contributed by atoms with Crippen LogP contribution in [0.25, 0.3) is 0 Å². The van der Waals surface area contributed by atoms with Crippen LogP contribution in [-0.4, -0.2) is 11.0 Å². The Morgan fingerprint density at radius 3 is 2.62 bits per heavy atom. The minimum absolute atomic E-state index is 0.0546. The average molecular weight is 312 g/mol. The highest BCUT2D eigenvalue weighted by Crippen LogP contribution is 2.21. The maximum Gasteiger partial charge on any atom is 0.170 e. The number of nitrogens with two attached hydrogens (primary N) is 1. The van der Waals surface area contributed by atoms with Gasteiger partial charge in [-0.1, -0.05) is 28.9 Å². The predicted octanol–water partition coefficient (Wildman–Crippen LogP) is 3.32. The zero-order valence-corrected chi connectivity index (χ0v) is 11.5. The number of nitrogens with one attached hydrogen (secondary N) is 1. The third-order valence-electron chi connectivity index (χ3n) is 2.86. The maximum absolute atomic E-state index is 13.5. The number of oxime groups is 1. The van der Waals surface area contributed by atoms with E-state index in [1.54, 1.807) is 12.1 Å². The summed E-state index contributed by atoms with van der Waals surface area (Å²) in [6.07, 6.45) is 0. The molecule has 0 saturated heterocycles. The largest absolute Gasteiger partial charge is 0.409 e. The fourth-order valence-corrected chi connectivity index (χ4v) is 1.98. The van der Waals surface area contributed by atoms with E-state index in [0.29, 0.717) is 16.1 Å². The van der Waals surface area contributed by atoms with Crippen molar-refractivity contribution in [1.82, 2.24) is 0 Å². The highest BCUT2D eigenvalue weighted by Gasteiger charge is 2.07. The van der Waals surface area contributed by atoms with Gasteiger partial charge in [-0.05, 0) is 23.8 Å². The van der Waals surface area contributed by atoms with Crippen LogP contribution in [0.1, 0.15) is 11.1 Å². The van der Waals surface area contributed by atoms with Crippen molar-refractivity contribution >= 4 is 23.1 Å². The number of amidine groups is 1. The second kappa shape index (κ2) is 6.41. The molecule has 0 radical (unpaired) electrons. The lowest BCUT2D eigenvalue weighted by molar-refractivity contribution is 0.318. The molecular formula is C14H12ClF2N3O. The molecule has 0 heterocycles. The Morgan fingerprint density at radius 1 is 1.24 bits per heavy atom. The van der Waals surface area contributed by atoms with E-state index in [1.165, 1.54) is 12.1 Å². The zero-order valence-electron chi connectivity index (χ0n) is 10.8. The Bertz CT molecular complexity index is 692. The Hall–Kier alpha value is -2.34. The number of hydrogen-bond acceptors (Lipinski definition) is 3. The van der Waals surface area contributed by atoms with Gasteiger partial charge in [-0.3, -0.25) is 0 Å². The van der Waals surface area contributed by atoms with Gasteiger partial charge in [0.1, 0.15) is 11.6 Å². The molecule has 0 aromatic heterocycles. The normalized spacial score (nSPS) is 11.5. The second-order valence-corrected chi connectivity index (χ2v) is 4.68. The summed E-state index contributed by atoms with van der Waals surface area (Å²) < 4.78 is 26.3. The summed E-state index contributed by atoms with van der Waals surface area (Å²) in [5, 5.41) is 14.7. The van der Waals surface area contributed by atoms with Crippen LogP contribution in [0.4, 0.5) is 14.5 Å². The molecule has 0 unspecified atom stereocenters. The van der Waals surface area contributed by atoms with E-state index in [2.05, 4.69) is 10.5 Å². The standard InChI is InChI=1S/C14H12ClF2N3O/c15-11-5-8(14(18)20-21)1-2-9(11)7-19-13-4-3-10(16)6-12(13)17/h1-6,19,21H,7H2,(H2,18,20). The van der Waals surface area contributed by atoms with E-state index < -0.39 is 11.6 Å². The summed E-state index contributed by atoms with van der Waals surface area (Å²) in [4.78, 5) is 0.